The molecule has 1 aliphatic rings. The van der Waals surface area contributed by atoms with Crippen LogP contribution in [0.3, 0.4) is 0 Å². The Labute approximate surface area is 85.9 Å². The van der Waals surface area contributed by atoms with Crippen LogP contribution in [0.25, 0.3) is 0 Å². The fraction of sp³-hybridized carbons (Fsp3) is 1.00. The zero-order valence-electron chi connectivity index (χ0n) is 8.66. The summed E-state index contributed by atoms with van der Waals surface area (Å²) in [5, 5.41) is 3.07. The lowest BCUT2D eigenvalue weighted by molar-refractivity contribution is 0.148. The van der Waals surface area contributed by atoms with Crippen molar-refractivity contribution < 1.29 is 13.2 Å². The number of ether oxygens (including phenoxy) is 1. The van der Waals surface area contributed by atoms with E-state index in [1.807, 2.05) is 6.92 Å². The molecule has 1 rings (SSSR count). The normalized spacial score (nSPS) is 18.1. The Morgan fingerprint density at radius 2 is 2.14 bits per heavy atom. The lowest BCUT2D eigenvalue weighted by atomic mass is 10.1. The van der Waals surface area contributed by atoms with Crippen molar-refractivity contribution in [1.29, 1.82) is 0 Å². The molecule has 14 heavy (non-hydrogen) atoms. The second-order valence-corrected chi connectivity index (χ2v) is 5.92. The molecule has 4 nitrogen and oxygen atoms in total. The minimum Gasteiger partial charge on any atom is -0.382 e. The van der Waals surface area contributed by atoms with Crippen molar-refractivity contribution in [3.05, 3.63) is 0 Å². The number of rotatable bonds is 7. The van der Waals surface area contributed by atoms with Crippen molar-refractivity contribution in [1.82, 2.24) is 5.32 Å². The van der Waals surface area contributed by atoms with Gasteiger partial charge in [0.2, 0.25) is 0 Å². The topological polar surface area (TPSA) is 55.4 Å². The molecule has 5 heteroatoms. The van der Waals surface area contributed by atoms with Crippen molar-refractivity contribution >= 4 is 9.84 Å². The quantitative estimate of drug-likeness (QED) is 0.617. The zero-order chi connectivity index (χ0) is 10.4. The molecular weight excluding hydrogens is 202 g/mol. The molecule has 1 fully saturated rings. The van der Waals surface area contributed by atoms with Gasteiger partial charge in [0.15, 0.2) is 9.84 Å². The molecule has 0 atom stereocenters. The molecule has 1 aliphatic heterocycles. The summed E-state index contributed by atoms with van der Waals surface area (Å²) in [6, 6.07) is 0. The number of sulfone groups is 1. The zero-order valence-corrected chi connectivity index (χ0v) is 9.48. The third-order valence-corrected chi connectivity index (χ3v) is 4.19. The summed E-state index contributed by atoms with van der Waals surface area (Å²) < 4.78 is 28.1. The molecule has 0 aliphatic carbocycles. The fourth-order valence-corrected chi connectivity index (χ4v) is 3.11. The van der Waals surface area contributed by atoms with Crippen LogP contribution in [0.1, 0.15) is 13.3 Å². The average molecular weight is 221 g/mol. The Morgan fingerprint density at radius 1 is 1.43 bits per heavy atom. The molecule has 0 unspecified atom stereocenters. The van der Waals surface area contributed by atoms with E-state index >= 15 is 0 Å². The maximum absolute atomic E-state index is 11.5. The molecule has 0 aromatic rings. The van der Waals surface area contributed by atoms with Gasteiger partial charge in [0.05, 0.1) is 11.5 Å². The Kier molecular flexibility index (Phi) is 4.84. The highest BCUT2D eigenvalue weighted by molar-refractivity contribution is 7.91. The van der Waals surface area contributed by atoms with E-state index in [4.69, 9.17) is 4.74 Å². The number of hydrogen-bond acceptors (Lipinski definition) is 4. The molecule has 0 aromatic carbocycles. The lowest BCUT2D eigenvalue weighted by Crippen LogP contribution is -2.45. The molecular formula is C9H19NO3S. The van der Waals surface area contributed by atoms with E-state index < -0.39 is 9.84 Å². The molecule has 0 aromatic heterocycles. The van der Waals surface area contributed by atoms with E-state index in [0.717, 1.165) is 13.1 Å². The van der Waals surface area contributed by atoms with Crippen LogP contribution in [0.4, 0.5) is 0 Å². The highest BCUT2D eigenvalue weighted by atomic mass is 32.2. The van der Waals surface area contributed by atoms with E-state index in [1.165, 1.54) is 0 Å². The molecule has 0 bridgehead atoms. The Bertz CT molecular complexity index is 247. The molecule has 0 radical (unpaired) electrons. The van der Waals surface area contributed by atoms with Gasteiger partial charge in [-0.15, -0.1) is 0 Å². The summed E-state index contributed by atoms with van der Waals surface area (Å²) in [4.78, 5) is 0. The van der Waals surface area contributed by atoms with E-state index in [9.17, 15) is 8.42 Å². The number of nitrogens with one attached hydrogen (secondary N) is 1. The van der Waals surface area contributed by atoms with Gasteiger partial charge in [-0.1, -0.05) is 0 Å². The number of hydrogen-bond donors (Lipinski definition) is 1. The van der Waals surface area contributed by atoms with E-state index in [-0.39, 0.29) is 5.75 Å². The van der Waals surface area contributed by atoms with Crippen molar-refractivity contribution in [3.63, 3.8) is 0 Å². The first kappa shape index (κ1) is 11.9. The third kappa shape index (κ3) is 4.39. The predicted molar refractivity (Wildman–Crippen MR) is 56.1 cm³/mol. The van der Waals surface area contributed by atoms with Crippen LogP contribution in [-0.4, -0.2) is 46.2 Å². The summed E-state index contributed by atoms with van der Waals surface area (Å²) in [5.41, 5.74) is 0. The van der Waals surface area contributed by atoms with Gasteiger partial charge in [-0.2, -0.15) is 0 Å². The average Bonchev–Trinajstić information content (AvgIpc) is 2.06. The fourth-order valence-electron chi connectivity index (χ4n) is 1.43. The van der Waals surface area contributed by atoms with Gasteiger partial charge in [-0.25, -0.2) is 8.42 Å². The van der Waals surface area contributed by atoms with Gasteiger partial charge in [0.1, 0.15) is 0 Å². The van der Waals surface area contributed by atoms with Crippen LogP contribution in [0.2, 0.25) is 0 Å². The molecule has 0 spiro atoms. The highest BCUT2D eigenvalue weighted by Crippen LogP contribution is 2.08. The first-order valence-electron chi connectivity index (χ1n) is 5.13. The van der Waals surface area contributed by atoms with E-state index in [2.05, 4.69) is 5.32 Å². The van der Waals surface area contributed by atoms with Crippen LogP contribution < -0.4 is 5.32 Å². The minimum absolute atomic E-state index is 0.267. The van der Waals surface area contributed by atoms with Crippen LogP contribution in [0.5, 0.6) is 0 Å². The molecule has 1 N–H and O–H groups in total. The van der Waals surface area contributed by atoms with Crippen LogP contribution in [-0.2, 0) is 14.6 Å². The summed E-state index contributed by atoms with van der Waals surface area (Å²) in [6.07, 6.45) is 0.621. The second-order valence-electron chi connectivity index (χ2n) is 3.69. The molecule has 1 saturated heterocycles. The van der Waals surface area contributed by atoms with E-state index in [0.29, 0.717) is 31.3 Å². The van der Waals surface area contributed by atoms with Gasteiger partial charge < -0.3 is 10.1 Å². The molecule has 0 amide bonds. The van der Waals surface area contributed by atoms with Crippen molar-refractivity contribution in [2.75, 3.05) is 37.8 Å². The van der Waals surface area contributed by atoms with Gasteiger partial charge >= 0.3 is 0 Å². The standard InChI is InChI=1S/C9H19NO3S/c1-2-13-4-3-5-14(11,12)8-9-6-10-7-9/h9-10H,2-8H2,1H3. The SMILES string of the molecule is CCOCCCS(=O)(=O)CC1CNC1. The second kappa shape index (κ2) is 5.68. The van der Waals surface area contributed by atoms with Gasteiger partial charge in [0, 0.05) is 26.3 Å². The summed E-state index contributed by atoms with van der Waals surface area (Å²) in [7, 11) is -2.84. The third-order valence-electron chi connectivity index (χ3n) is 2.30. The van der Waals surface area contributed by atoms with Gasteiger partial charge in [0.25, 0.3) is 0 Å². The van der Waals surface area contributed by atoms with Crippen molar-refractivity contribution in [2.45, 2.75) is 13.3 Å². The summed E-state index contributed by atoms with van der Waals surface area (Å²) in [6.45, 7) is 4.83. The first-order chi connectivity index (χ1) is 6.64. The van der Waals surface area contributed by atoms with Gasteiger partial charge in [-0.3, -0.25) is 0 Å². The Hall–Kier alpha value is -0.130. The van der Waals surface area contributed by atoms with E-state index in [1.54, 1.807) is 0 Å². The molecule has 0 saturated carbocycles. The summed E-state index contributed by atoms with van der Waals surface area (Å²) in [5.74, 6) is 0.947. The minimum atomic E-state index is -2.84. The van der Waals surface area contributed by atoms with Crippen LogP contribution in [0, 0.1) is 5.92 Å². The lowest BCUT2D eigenvalue weighted by Gasteiger charge is -2.26. The summed E-state index contributed by atoms with van der Waals surface area (Å²) >= 11 is 0. The Morgan fingerprint density at radius 3 is 2.64 bits per heavy atom. The predicted octanol–water partition coefficient (Wildman–Crippen LogP) is 0.0472. The van der Waals surface area contributed by atoms with Crippen molar-refractivity contribution in [2.24, 2.45) is 5.92 Å². The highest BCUT2D eigenvalue weighted by Gasteiger charge is 2.23. The van der Waals surface area contributed by atoms with Crippen LogP contribution >= 0.6 is 0 Å². The maximum atomic E-state index is 11.5. The molecule has 1 heterocycles. The molecule has 84 valence electrons. The maximum Gasteiger partial charge on any atom is 0.150 e. The Balaban J connectivity index is 2.13. The van der Waals surface area contributed by atoms with Gasteiger partial charge in [-0.05, 0) is 19.3 Å². The monoisotopic (exact) mass is 221 g/mol. The van der Waals surface area contributed by atoms with Crippen molar-refractivity contribution in [3.8, 4) is 0 Å². The largest absolute Gasteiger partial charge is 0.382 e. The smallest absolute Gasteiger partial charge is 0.150 e. The first-order valence-corrected chi connectivity index (χ1v) is 6.95. The van der Waals surface area contributed by atoms with Crippen LogP contribution in [0.15, 0.2) is 0 Å².